The summed E-state index contributed by atoms with van der Waals surface area (Å²) in [6.07, 6.45) is 2.34. The van der Waals surface area contributed by atoms with Crippen molar-refractivity contribution in [3.8, 4) is 11.4 Å². The zero-order valence-corrected chi connectivity index (χ0v) is 17.0. The molecule has 2 heterocycles. The second kappa shape index (κ2) is 6.69. The number of aromatic nitrogens is 3. The van der Waals surface area contributed by atoms with Crippen molar-refractivity contribution in [1.82, 2.24) is 14.8 Å². The molecule has 0 radical (unpaired) electrons. The van der Waals surface area contributed by atoms with Gasteiger partial charge in [0, 0.05) is 23.3 Å². The Bertz CT molecular complexity index is 1170. The van der Waals surface area contributed by atoms with E-state index < -0.39 is 0 Å². The van der Waals surface area contributed by atoms with Crippen LogP contribution in [0.5, 0.6) is 0 Å². The lowest BCUT2D eigenvalue weighted by Crippen LogP contribution is -2.31. The number of rotatable bonds is 2. The number of ketones is 1. The van der Waals surface area contributed by atoms with Gasteiger partial charge in [0.25, 0.3) is 0 Å². The number of carbonyl (C=O) groups is 1. The maximum atomic E-state index is 12.9. The number of nitrogens with zero attached hydrogens (tertiary/aromatic N) is 3. The number of carbonyl (C=O) groups excluding carboxylic acids is 1. The summed E-state index contributed by atoms with van der Waals surface area (Å²) in [5, 5.41) is 8.27. The van der Waals surface area contributed by atoms with Gasteiger partial charge >= 0.3 is 0 Å². The van der Waals surface area contributed by atoms with E-state index in [2.05, 4.69) is 62.5 Å². The zero-order chi connectivity index (χ0) is 20.1. The number of hydrogen-bond acceptors (Lipinski definition) is 4. The van der Waals surface area contributed by atoms with E-state index in [-0.39, 0.29) is 11.8 Å². The second-order valence-electron chi connectivity index (χ2n) is 8.11. The van der Waals surface area contributed by atoms with Crippen LogP contribution in [0.4, 0.5) is 5.95 Å². The largest absolute Gasteiger partial charge is 0.328 e. The van der Waals surface area contributed by atoms with Crippen molar-refractivity contribution in [3.05, 3.63) is 76.0 Å². The normalized spacial score (nSPS) is 18.3. The Morgan fingerprint density at radius 2 is 1.90 bits per heavy atom. The third-order valence-corrected chi connectivity index (χ3v) is 5.99. The summed E-state index contributed by atoms with van der Waals surface area (Å²) in [7, 11) is 0. The molecule has 5 nitrogen and oxygen atoms in total. The first-order valence-electron chi connectivity index (χ1n) is 10.2. The molecule has 0 saturated heterocycles. The molecule has 29 heavy (non-hydrogen) atoms. The summed E-state index contributed by atoms with van der Waals surface area (Å²) in [5.41, 5.74) is 7.53. The van der Waals surface area contributed by atoms with Crippen LogP contribution in [0, 0.1) is 20.8 Å². The Morgan fingerprint density at radius 1 is 1.03 bits per heavy atom. The van der Waals surface area contributed by atoms with Crippen molar-refractivity contribution in [1.29, 1.82) is 0 Å². The van der Waals surface area contributed by atoms with Crippen LogP contribution in [0.1, 0.15) is 47.6 Å². The van der Waals surface area contributed by atoms with E-state index in [1.807, 2.05) is 10.7 Å². The fourth-order valence-electron chi connectivity index (χ4n) is 4.31. The van der Waals surface area contributed by atoms with E-state index in [0.717, 1.165) is 35.2 Å². The smallest absolute Gasteiger partial charge is 0.226 e. The van der Waals surface area contributed by atoms with Crippen LogP contribution in [-0.4, -0.2) is 20.5 Å². The molecule has 1 unspecified atom stereocenters. The topological polar surface area (TPSA) is 59.8 Å². The number of benzene rings is 2. The molecular weight excluding hydrogens is 360 g/mol. The third-order valence-electron chi connectivity index (χ3n) is 5.99. The fraction of sp³-hybridized carbons (Fsp3) is 0.292. The van der Waals surface area contributed by atoms with E-state index >= 15 is 0 Å². The average Bonchev–Trinajstić information content (AvgIpc) is 3.12. The first-order chi connectivity index (χ1) is 14.0. The molecule has 1 atom stereocenters. The van der Waals surface area contributed by atoms with Gasteiger partial charge in [-0.3, -0.25) is 4.79 Å². The van der Waals surface area contributed by atoms with E-state index in [0.29, 0.717) is 18.2 Å². The summed E-state index contributed by atoms with van der Waals surface area (Å²) in [6, 6.07) is 14.4. The number of anilines is 1. The minimum Gasteiger partial charge on any atom is -0.328 e. The molecule has 3 aromatic rings. The van der Waals surface area contributed by atoms with E-state index in [1.165, 1.54) is 16.7 Å². The number of Topliss-reactive ketones (excluding diaryl/α,β-unsaturated/α-hetero) is 1. The molecule has 0 saturated carbocycles. The fourth-order valence-corrected chi connectivity index (χ4v) is 4.31. The summed E-state index contributed by atoms with van der Waals surface area (Å²) < 4.78 is 1.89. The molecule has 1 aliphatic carbocycles. The van der Waals surface area contributed by atoms with Gasteiger partial charge in [-0.05, 0) is 56.4 Å². The Morgan fingerprint density at radius 3 is 2.69 bits per heavy atom. The molecule has 146 valence electrons. The van der Waals surface area contributed by atoms with Gasteiger partial charge in [-0.2, -0.15) is 4.98 Å². The maximum absolute atomic E-state index is 12.9. The molecule has 5 rings (SSSR count). The number of nitrogens with one attached hydrogen (secondary N) is 1. The number of aryl methyl sites for hydroxylation is 3. The minimum absolute atomic E-state index is 0.208. The molecule has 0 bridgehead atoms. The Hall–Kier alpha value is -3.21. The summed E-state index contributed by atoms with van der Waals surface area (Å²) in [4.78, 5) is 17.7. The van der Waals surface area contributed by atoms with E-state index in [9.17, 15) is 4.79 Å². The summed E-state index contributed by atoms with van der Waals surface area (Å²) >= 11 is 0. The van der Waals surface area contributed by atoms with Gasteiger partial charge in [-0.25, -0.2) is 4.68 Å². The van der Waals surface area contributed by atoms with Gasteiger partial charge in [-0.15, -0.1) is 5.10 Å². The molecule has 1 N–H and O–H groups in total. The van der Waals surface area contributed by atoms with Crippen molar-refractivity contribution < 1.29 is 4.79 Å². The highest BCUT2D eigenvalue weighted by Crippen LogP contribution is 2.40. The average molecular weight is 384 g/mol. The molecule has 1 aromatic heterocycles. The van der Waals surface area contributed by atoms with Crippen LogP contribution < -0.4 is 5.32 Å². The lowest BCUT2D eigenvalue weighted by Gasteiger charge is -2.32. The molecule has 5 heteroatoms. The molecule has 0 amide bonds. The lowest BCUT2D eigenvalue weighted by molar-refractivity contribution is -0.116. The van der Waals surface area contributed by atoms with Gasteiger partial charge in [-0.1, -0.05) is 42.0 Å². The van der Waals surface area contributed by atoms with Crippen LogP contribution in [0.15, 0.2) is 53.7 Å². The molecular formula is C24H24N4O. The highest BCUT2D eigenvalue weighted by atomic mass is 16.1. The monoisotopic (exact) mass is 384 g/mol. The molecule has 1 aliphatic heterocycles. The number of fused-ring (bicyclic) bond motifs is 1. The first-order valence-corrected chi connectivity index (χ1v) is 10.2. The minimum atomic E-state index is -0.234. The second-order valence-corrected chi connectivity index (χ2v) is 8.11. The molecule has 0 spiro atoms. The van der Waals surface area contributed by atoms with Crippen LogP contribution in [0.3, 0.4) is 0 Å². The maximum Gasteiger partial charge on any atom is 0.226 e. The standard InChI is InChI=1S/C24H24N4O/c1-14-6-4-7-17(12-14)22-21-19(8-5-9-20(21)29)25-24-26-23(27-28(22)24)18-11-10-15(2)16(3)13-18/h4,6-7,10-13,22H,5,8-9H2,1-3H3,(H,25,26,27). The highest BCUT2D eigenvalue weighted by molar-refractivity contribution is 5.99. The van der Waals surface area contributed by atoms with Gasteiger partial charge < -0.3 is 5.32 Å². The summed E-state index contributed by atoms with van der Waals surface area (Å²) in [5.74, 6) is 1.60. The van der Waals surface area contributed by atoms with Crippen LogP contribution in [0.25, 0.3) is 11.4 Å². The zero-order valence-electron chi connectivity index (χ0n) is 17.0. The molecule has 0 fully saturated rings. The van der Waals surface area contributed by atoms with Crippen molar-refractivity contribution >= 4 is 11.7 Å². The third kappa shape index (κ3) is 2.97. The van der Waals surface area contributed by atoms with Crippen molar-refractivity contribution in [2.45, 2.75) is 46.1 Å². The highest BCUT2D eigenvalue weighted by Gasteiger charge is 2.36. The van der Waals surface area contributed by atoms with Gasteiger partial charge in [0.05, 0.1) is 0 Å². The lowest BCUT2D eigenvalue weighted by atomic mass is 9.85. The predicted molar refractivity (Wildman–Crippen MR) is 114 cm³/mol. The number of allylic oxidation sites excluding steroid dienone is 2. The van der Waals surface area contributed by atoms with E-state index in [1.54, 1.807) is 0 Å². The molecule has 2 aromatic carbocycles. The molecule has 2 aliphatic rings. The predicted octanol–water partition coefficient (Wildman–Crippen LogP) is 4.89. The Labute approximate surface area is 170 Å². The summed E-state index contributed by atoms with van der Waals surface area (Å²) in [6.45, 7) is 6.27. The quantitative estimate of drug-likeness (QED) is 0.683. The van der Waals surface area contributed by atoms with Crippen molar-refractivity contribution in [3.63, 3.8) is 0 Å². The van der Waals surface area contributed by atoms with E-state index in [4.69, 9.17) is 10.1 Å². The van der Waals surface area contributed by atoms with Crippen LogP contribution in [0.2, 0.25) is 0 Å². The first kappa shape index (κ1) is 17.9. The SMILES string of the molecule is Cc1cccc(C2C3=C(CCCC3=O)Nc3nc(-c4ccc(C)c(C)c4)nn32)c1. The van der Waals surface area contributed by atoms with Crippen LogP contribution in [-0.2, 0) is 4.79 Å². The Balaban J connectivity index is 1.68. The van der Waals surface area contributed by atoms with Gasteiger partial charge in [0.2, 0.25) is 5.95 Å². The number of hydrogen-bond donors (Lipinski definition) is 1. The van der Waals surface area contributed by atoms with Crippen molar-refractivity contribution in [2.75, 3.05) is 5.32 Å². The van der Waals surface area contributed by atoms with Gasteiger partial charge in [0.15, 0.2) is 11.6 Å². The Kier molecular flexibility index (Phi) is 4.12. The van der Waals surface area contributed by atoms with Gasteiger partial charge in [0.1, 0.15) is 6.04 Å². The van der Waals surface area contributed by atoms with Crippen LogP contribution >= 0.6 is 0 Å². The van der Waals surface area contributed by atoms with Crippen molar-refractivity contribution in [2.24, 2.45) is 0 Å².